The molecule has 1 atom stereocenters. The molecule has 0 aromatic heterocycles. The third-order valence-electron chi connectivity index (χ3n) is 4.53. The van der Waals surface area contributed by atoms with Gasteiger partial charge in [-0.25, -0.2) is 8.42 Å². The highest BCUT2D eigenvalue weighted by Crippen LogP contribution is 2.24. The average molecular weight is 336 g/mol. The Balaban J connectivity index is 2.13. The topological polar surface area (TPSA) is 65.6 Å². The molecule has 1 N–H and O–H groups in total. The van der Waals surface area contributed by atoms with Crippen molar-refractivity contribution in [3.8, 4) is 6.07 Å². The number of hydrogen-bond acceptors (Lipinski definition) is 3. The van der Waals surface area contributed by atoms with Crippen molar-refractivity contribution < 1.29 is 13.3 Å². The number of sulfonamides is 1. The van der Waals surface area contributed by atoms with Gasteiger partial charge in [0.1, 0.15) is 6.07 Å². The zero-order valence-electron chi connectivity index (χ0n) is 14.3. The Labute approximate surface area is 139 Å². The van der Waals surface area contributed by atoms with E-state index in [0.29, 0.717) is 31.1 Å². The molecule has 1 aromatic rings. The monoisotopic (exact) mass is 336 g/mol. The average Bonchev–Trinajstić information content (AvgIpc) is 2.53. The number of quaternary nitrogens is 1. The van der Waals surface area contributed by atoms with Crippen LogP contribution in [-0.4, -0.2) is 44.9 Å². The van der Waals surface area contributed by atoms with Gasteiger partial charge in [-0.3, -0.25) is 0 Å². The van der Waals surface area contributed by atoms with E-state index in [1.54, 1.807) is 12.1 Å². The molecule has 0 unspecified atom stereocenters. The molecule has 2 rings (SSSR count). The van der Waals surface area contributed by atoms with Crippen LogP contribution in [0.1, 0.15) is 33.3 Å². The van der Waals surface area contributed by atoms with Crippen LogP contribution in [0.4, 0.5) is 0 Å². The minimum atomic E-state index is -3.44. The van der Waals surface area contributed by atoms with Crippen molar-refractivity contribution in [2.45, 2.75) is 44.0 Å². The Kier molecular flexibility index (Phi) is 5.14. The zero-order chi connectivity index (χ0) is 17.3. The molecule has 5 nitrogen and oxygen atoms in total. The molecule has 1 heterocycles. The van der Waals surface area contributed by atoms with Crippen LogP contribution < -0.4 is 4.90 Å². The number of nitrogens with zero attached hydrogens (tertiary/aromatic N) is 2. The van der Waals surface area contributed by atoms with Crippen LogP contribution >= 0.6 is 0 Å². The van der Waals surface area contributed by atoms with Gasteiger partial charge < -0.3 is 4.90 Å². The summed E-state index contributed by atoms with van der Waals surface area (Å²) in [6, 6.07) is 9.34. The van der Waals surface area contributed by atoms with Gasteiger partial charge in [-0.05, 0) is 23.1 Å². The fourth-order valence-corrected chi connectivity index (χ4v) is 4.26. The lowest BCUT2D eigenvalue weighted by atomic mass is 9.87. The summed E-state index contributed by atoms with van der Waals surface area (Å²) in [5.41, 5.74) is 1.12. The van der Waals surface area contributed by atoms with Gasteiger partial charge in [-0.1, -0.05) is 32.9 Å². The van der Waals surface area contributed by atoms with Crippen molar-refractivity contribution >= 4 is 10.0 Å². The maximum Gasteiger partial charge on any atom is 0.243 e. The van der Waals surface area contributed by atoms with E-state index in [-0.39, 0.29) is 11.5 Å². The summed E-state index contributed by atoms with van der Waals surface area (Å²) in [4.78, 5) is 1.50. The molecular weight excluding hydrogens is 310 g/mol. The van der Waals surface area contributed by atoms with E-state index in [1.807, 2.05) is 19.1 Å². The van der Waals surface area contributed by atoms with Gasteiger partial charge in [0.2, 0.25) is 10.0 Å². The number of rotatable bonds is 3. The third-order valence-corrected chi connectivity index (χ3v) is 6.44. The second kappa shape index (κ2) is 6.60. The van der Waals surface area contributed by atoms with Crippen LogP contribution in [0.5, 0.6) is 0 Å². The first-order valence-corrected chi connectivity index (χ1v) is 9.45. The van der Waals surface area contributed by atoms with E-state index in [4.69, 9.17) is 5.26 Å². The number of hydrogen-bond donors (Lipinski definition) is 1. The van der Waals surface area contributed by atoms with Crippen molar-refractivity contribution in [1.82, 2.24) is 4.31 Å². The molecule has 1 aliphatic heterocycles. The molecule has 1 aliphatic rings. The standard InChI is InChI=1S/C17H25N3O2S/c1-14(13-18)19-9-11-20(12-10-19)23(21,22)16-7-5-15(6-8-16)17(2,3)4/h5-8,14H,9-12H2,1-4H3/p+1/t14-/m0/s1. The fourth-order valence-electron chi connectivity index (χ4n) is 2.81. The summed E-state index contributed by atoms with van der Waals surface area (Å²) in [6.07, 6.45) is 0. The summed E-state index contributed by atoms with van der Waals surface area (Å²) < 4.78 is 27.0. The number of benzene rings is 1. The van der Waals surface area contributed by atoms with E-state index in [0.717, 1.165) is 10.5 Å². The van der Waals surface area contributed by atoms with Crippen molar-refractivity contribution in [3.63, 3.8) is 0 Å². The SMILES string of the molecule is C[C@@H](C#N)[NH+]1CCN(S(=O)(=O)c2ccc(C(C)(C)C)cc2)CC1. The third kappa shape index (κ3) is 3.92. The summed E-state index contributed by atoms with van der Waals surface area (Å²) in [5, 5.41) is 8.98. The summed E-state index contributed by atoms with van der Waals surface area (Å²) in [5.74, 6) is 0. The van der Waals surface area contributed by atoms with Crippen LogP contribution in [0, 0.1) is 11.3 Å². The zero-order valence-corrected chi connectivity index (χ0v) is 15.2. The van der Waals surface area contributed by atoms with Crippen molar-refractivity contribution in [2.24, 2.45) is 0 Å². The lowest BCUT2D eigenvalue weighted by Gasteiger charge is -2.32. The molecule has 0 bridgehead atoms. The van der Waals surface area contributed by atoms with Crippen molar-refractivity contribution in [2.75, 3.05) is 26.2 Å². The predicted octanol–water partition coefficient (Wildman–Crippen LogP) is 0.785. The molecule has 1 aromatic carbocycles. The van der Waals surface area contributed by atoms with E-state index >= 15 is 0 Å². The number of piperazine rings is 1. The van der Waals surface area contributed by atoms with Crippen LogP contribution in [0.2, 0.25) is 0 Å². The highest BCUT2D eigenvalue weighted by molar-refractivity contribution is 7.89. The van der Waals surface area contributed by atoms with Crippen molar-refractivity contribution in [1.29, 1.82) is 5.26 Å². The highest BCUT2D eigenvalue weighted by atomic mass is 32.2. The molecule has 23 heavy (non-hydrogen) atoms. The molecule has 1 saturated heterocycles. The number of nitriles is 1. The van der Waals surface area contributed by atoms with E-state index < -0.39 is 10.0 Å². The quantitative estimate of drug-likeness (QED) is 0.887. The largest absolute Gasteiger partial charge is 0.319 e. The van der Waals surface area contributed by atoms with E-state index in [2.05, 4.69) is 26.8 Å². The van der Waals surface area contributed by atoms with Crippen LogP contribution in [0.15, 0.2) is 29.2 Å². The minimum absolute atomic E-state index is 0.00467. The lowest BCUT2D eigenvalue weighted by molar-refractivity contribution is -0.918. The summed E-state index contributed by atoms with van der Waals surface area (Å²) in [7, 11) is -3.44. The second-order valence-corrected chi connectivity index (χ2v) is 9.13. The van der Waals surface area contributed by atoms with Gasteiger partial charge in [-0.2, -0.15) is 9.57 Å². The molecule has 0 aliphatic carbocycles. The molecule has 0 saturated carbocycles. The number of nitrogens with one attached hydrogen (secondary N) is 1. The molecule has 126 valence electrons. The lowest BCUT2D eigenvalue weighted by Crippen LogP contribution is -3.17. The van der Waals surface area contributed by atoms with Gasteiger partial charge in [0, 0.05) is 6.92 Å². The van der Waals surface area contributed by atoms with Gasteiger partial charge in [-0.15, -0.1) is 0 Å². The van der Waals surface area contributed by atoms with E-state index in [1.165, 1.54) is 4.31 Å². The molecule has 6 heteroatoms. The molecule has 0 radical (unpaired) electrons. The Morgan fingerprint density at radius 3 is 2.13 bits per heavy atom. The van der Waals surface area contributed by atoms with Gasteiger partial charge in [0.05, 0.1) is 31.1 Å². The predicted molar refractivity (Wildman–Crippen MR) is 89.7 cm³/mol. The second-order valence-electron chi connectivity index (χ2n) is 7.19. The smallest absolute Gasteiger partial charge is 0.243 e. The first-order chi connectivity index (χ1) is 10.7. The van der Waals surface area contributed by atoms with Crippen molar-refractivity contribution in [3.05, 3.63) is 29.8 Å². The van der Waals surface area contributed by atoms with Crippen LogP contribution in [0.25, 0.3) is 0 Å². The highest BCUT2D eigenvalue weighted by Gasteiger charge is 2.32. The Morgan fingerprint density at radius 2 is 1.70 bits per heavy atom. The van der Waals surface area contributed by atoms with Gasteiger partial charge >= 0.3 is 0 Å². The normalized spacial score (nSPS) is 19.3. The summed E-state index contributed by atoms with van der Waals surface area (Å²) >= 11 is 0. The first-order valence-electron chi connectivity index (χ1n) is 8.01. The summed E-state index contributed by atoms with van der Waals surface area (Å²) in [6.45, 7) is 10.5. The molecular formula is C17H26N3O2S+. The van der Waals surface area contributed by atoms with Crippen LogP contribution in [0.3, 0.4) is 0 Å². The van der Waals surface area contributed by atoms with Gasteiger partial charge in [0.15, 0.2) is 6.04 Å². The van der Waals surface area contributed by atoms with E-state index in [9.17, 15) is 8.42 Å². The van der Waals surface area contributed by atoms with Gasteiger partial charge in [0.25, 0.3) is 0 Å². The Morgan fingerprint density at radius 1 is 1.17 bits per heavy atom. The molecule has 1 fully saturated rings. The maximum absolute atomic E-state index is 12.7. The Hall–Kier alpha value is -1.42. The first kappa shape index (κ1) is 17.9. The maximum atomic E-state index is 12.7. The molecule has 0 spiro atoms. The molecule has 0 amide bonds. The van der Waals surface area contributed by atoms with Crippen LogP contribution in [-0.2, 0) is 15.4 Å². The Bertz CT molecular complexity index is 676. The minimum Gasteiger partial charge on any atom is -0.319 e. The fraction of sp³-hybridized carbons (Fsp3) is 0.588.